The van der Waals surface area contributed by atoms with Crippen molar-refractivity contribution in [2.45, 2.75) is 59.3 Å². The van der Waals surface area contributed by atoms with Gasteiger partial charge in [0.2, 0.25) is 0 Å². The van der Waals surface area contributed by atoms with Gasteiger partial charge in [-0.05, 0) is 28.5 Å². The summed E-state index contributed by atoms with van der Waals surface area (Å²) in [6.45, 7) is 7.55. The Morgan fingerprint density at radius 1 is 0.933 bits per heavy atom. The molecule has 1 fully saturated rings. The van der Waals surface area contributed by atoms with E-state index in [1.165, 1.54) is 19.2 Å². The highest BCUT2D eigenvalue weighted by Crippen LogP contribution is 2.48. The molecule has 6 nitrogen and oxygen atoms in total. The molecule has 0 bridgehead atoms. The minimum absolute atomic E-state index is 0.0706. The highest BCUT2D eigenvalue weighted by molar-refractivity contribution is 6.09. The minimum atomic E-state index is -1.05. The van der Waals surface area contributed by atoms with Crippen molar-refractivity contribution in [3.8, 4) is 11.5 Å². The average molecular weight is 414 g/mol. The average Bonchev–Trinajstić information content (AvgIpc) is 2.57. The van der Waals surface area contributed by atoms with Crippen LogP contribution in [0.3, 0.4) is 0 Å². The molecule has 0 aliphatic heterocycles. The second-order valence-electron chi connectivity index (χ2n) is 10.1. The van der Waals surface area contributed by atoms with Gasteiger partial charge in [-0.3, -0.25) is 14.4 Å². The van der Waals surface area contributed by atoms with E-state index >= 15 is 0 Å². The number of hydrogen-bond donors (Lipinski definition) is 2. The van der Waals surface area contributed by atoms with Crippen LogP contribution in [0.4, 0.5) is 0 Å². The number of ketones is 3. The van der Waals surface area contributed by atoms with Crippen LogP contribution in [-0.2, 0) is 14.4 Å². The number of ether oxygens (including phenoxy) is 1. The summed E-state index contributed by atoms with van der Waals surface area (Å²) in [5, 5.41) is 20.8. The molecule has 162 valence electrons. The number of hydrogen-bond acceptors (Lipinski definition) is 6. The van der Waals surface area contributed by atoms with E-state index in [9.17, 15) is 24.6 Å². The lowest BCUT2D eigenvalue weighted by molar-refractivity contribution is -0.140. The van der Waals surface area contributed by atoms with Crippen molar-refractivity contribution in [3.63, 3.8) is 0 Å². The number of carbonyl (C=O) groups is 3. The van der Waals surface area contributed by atoms with Crippen molar-refractivity contribution in [1.29, 1.82) is 0 Å². The van der Waals surface area contributed by atoms with Gasteiger partial charge in [0.1, 0.15) is 17.3 Å². The normalized spacial score (nSPS) is 22.9. The minimum Gasteiger partial charge on any atom is -0.512 e. The van der Waals surface area contributed by atoms with Crippen LogP contribution in [0, 0.1) is 16.7 Å². The zero-order chi connectivity index (χ0) is 22.4. The number of rotatable bonds is 4. The van der Waals surface area contributed by atoms with Gasteiger partial charge >= 0.3 is 0 Å². The molecule has 0 radical (unpaired) electrons. The first-order valence-electron chi connectivity index (χ1n) is 10.2. The number of carbonyl (C=O) groups excluding carboxylic acids is 3. The number of phenolic OH excluding ortho intramolecular Hbond substituents is 1. The summed E-state index contributed by atoms with van der Waals surface area (Å²) < 4.78 is 5.20. The summed E-state index contributed by atoms with van der Waals surface area (Å²) in [5.41, 5.74) is -0.208. The molecule has 2 aliphatic carbocycles. The predicted octanol–water partition coefficient (Wildman–Crippen LogP) is 4.26. The molecular formula is C24H30O6. The lowest BCUT2D eigenvalue weighted by Crippen LogP contribution is -2.43. The third kappa shape index (κ3) is 4.13. The third-order valence-electron chi connectivity index (χ3n) is 6.10. The van der Waals surface area contributed by atoms with Crippen molar-refractivity contribution in [3.05, 3.63) is 35.1 Å². The number of aliphatic hydroxyl groups is 1. The second-order valence-corrected chi connectivity index (χ2v) is 10.1. The van der Waals surface area contributed by atoms with Crippen LogP contribution >= 0.6 is 0 Å². The Labute approximate surface area is 176 Å². The Kier molecular flexibility index (Phi) is 5.56. The fraction of sp³-hybridized carbons (Fsp3) is 0.542. The van der Waals surface area contributed by atoms with Crippen molar-refractivity contribution in [2.24, 2.45) is 16.7 Å². The molecule has 30 heavy (non-hydrogen) atoms. The second kappa shape index (κ2) is 7.56. The Morgan fingerprint density at radius 3 is 2.03 bits per heavy atom. The van der Waals surface area contributed by atoms with Gasteiger partial charge in [-0.15, -0.1) is 0 Å². The SMILES string of the molecule is COc1cc([C@@H](C2=C(O)CC(C)(C)CC2=O)C2C(=O)CC(C)(C)CC2=O)ccc1O. The van der Waals surface area contributed by atoms with E-state index in [2.05, 4.69) is 0 Å². The maximum absolute atomic E-state index is 13.1. The summed E-state index contributed by atoms with van der Waals surface area (Å²) >= 11 is 0. The van der Waals surface area contributed by atoms with Crippen LogP contribution in [0.15, 0.2) is 29.5 Å². The van der Waals surface area contributed by atoms with Gasteiger partial charge in [-0.25, -0.2) is 0 Å². The van der Waals surface area contributed by atoms with Crippen LogP contribution in [0.5, 0.6) is 11.5 Å². The van der Waals surface area contributed by atoms with Gasteiger partial charge in [0, 0.05) is 37.2 Å². The van der Waals surface area contributed by atoms with Crippen molar-refractivity contribution < 1.29 is 29.3 Å². The van der Waals surface area contributed by atoms with E-state index in [0.29, 0.717) is 12.0 Å². The van der Waals surface area contributed by atoms with Gasteiger partial charge < -0.3 is 14.9 Å². The van der Waals surface area contributed by atoms with E-state index in [-0.39, 0.29) is 59.4 Å². The van der Waals surface area contributed by atoms with Crippen molar-refractivity contribution in [2.75, 3.05) is 7.11 Å². The van der Waals surface area contributed by atoms with Crippen LogP contribution < -0.4 is 4.74 Å². The van der Waals surface area contributed by atoms with E-state index in [4.69, 9.17) is 4.74 Å². The van der Waals surface area contributed by atoms with Gasteiger partial charge in [-0.1, -0.05) is 33.8 Å². The zero-order valence-electron chi connectivity index (χ0n) is 18.2. The largest absolute Gasteiger partial charge is 0.512 e. The highest BCUT2D eigenvalue weighted by atomic mass is 16.5. The molecule has 1 saturated carbocycles. The van der Waals surface area contributed by atoms with Crippen LogP contribution in [0.2, 0.25) is 0 Å². The van der Waals surface area contributed by atoms with Crippen LogP contribution in [0.1, 0.15) is 64.9 Å². The molecule has 1 atom stereocenters. The Hall–Kier alpha value is -2.63. The van der Waals surface area contributed by atoms with Crippen molar-refractivity contribution in [1.82, 2.24) is 0 Å². The maximum Gasteiger partial charge on any atom is 0.163 e. The van der Waals surface area contributed by atoms with E-state index in [1.54, 1.807) is 6.07 Å². The number of benzene rings is 1. The van der Waals surface area contributed by atoms with Crippen LogP contribution in [0.25, 0.3) is 0 Å². The molecule has 0 amide bonds. The first-order chi connectivity index (χ1) is 13.8. The molecular weight excluding hydrogens is 384 g/mol. The summed E-state index contributed by atoms with van der Waals surface area (Å²) in [6.07, 6.45) is 0.963. The molecule has 1 aromatic rings. The quantitative estimate of drug-likeness (QED) is 0.714. The smallest absolute Gasteiger partial charge is 0.163 e. The number of aliphatic hydroxyl groups excluding tert-OH is 1. The first kappa shape index (κ1) is 22.1. The molecule has 0 saturated heterocycles. The number of Topliss-reactive ketones (excluding diaryl/α,β-unsaturated/α-hetero) is 3. The Bertz CT molecular complexity index is 917. The monoisotopic (exact) mass is 414 g/mol. The fourth-order valence-electron chi connectivity index (χ4n) is 4.85. The standard InChI is InChI=1S/C24H30O6/c1-23(2)9-15(26)21(16(27)10-23)20(13-6-7-14(25)19(8-13)30-5)22-17(28)11-24(3,4)12-18(22)29/h6-8,20-21,25,28H,9-12H2,1-5H3/t20-/m1/s1. The summed E-state index contributed by atoms with van der Waals surface area (Å²) in [7, 11) is 1.40. The predicted molar refractivity (Wildman–Crippen MR) is 112 cm³/mol. The number of phenols is 1. The zero-order valence-corrected chi connectivity index (χ0v) is 18.2. The van der Waals surface area contributed by atoms with Crippen LogP contribution in [-0.4, -0.2) is 34.7 Å². The molecule has 2 aliphatic rings. The molecule has 2 N–H and O–H groups in total. The van der Waals surface area contributed by atoms with Gasteiger partial charge in [-0.2, -0.15) is 0 Å². The number of aromatic hydroxyl groups is 1. The number of allylic oxidation sites excluding steroid dienone is 2. The molecule has 0 heterocycles. The summed E-state index contributed by atoms with van der Waals surface area (Å²) in [5.74, 6) is -2.65. The highest BCUT2D eigenvalue weighted by Gasteiger charge is 2.48. The topological polar surface area (TPSA) is 101 Å². The lowest BCUT2D eigenvalue weighted by atomic mass is 9.62. The van der Waals surface area contributed by atoms with Crippen molar-refractivity contribution >= 4 is 17.3 Å². The maximum atomic E-state index is 13.1. The fourth-order valence-corrected chi connectivity index (χ4v) is 4.85. The summed E-state index contributed by atoms with van der Waals surface area (Å²) in [6, 6.07) is 4.53. The molecule has 0 unspecified atom stereocenters. The van der Waals surface area contributed by atoms with E-state index in [0.717, 1.165) is 0 Å². The lowest BCUT2D eigenvalue weighted by Gasteiger charge is -2.39. The molecule has 1 aromatic carbocycles. The van der Waals surface area contributed by atoms with E-state index < -0.39 is 22.7 Å². The Balaban J connectivity index is 2.19. The Morgan fingerprint density at radius 2 is 1.50 bits per heavy atom. The molecule has 3 rings (SSSR count). The summed E-state index contributed by atoms with van der Waals surface area (Å²) in [4.78, 5) is 39.4. The van der Waals surface area contributed by atoms with Gasteiger partial charge in [0.05, 0.1) is 13.0 Å². The molecule has 6 heteroatoms. The third-order valence-corrected chi connectivity index (χ3v) is 6.10. The molecule has 0 spiro atoms. The van der Waals surface area contributed by atoms with Gasteiger partial charge in [0.25, 0.3) is 0 Å². The first-order valence-corrected chi connectivity index (χ1v) is 10.2. The number of methoxy groups -OCH3 is 1. The van der Waals surface area contributed by atoms with Gasteiger partial charge in [0.15, 0.2) is 17.3 Å². The molecule has 0 aromatic heterocycles. The van der Waals surface area contributed by atoms with E-state index in [1.807, 2.05) is 27.7 Å².